The van der Waals surface area contributed by atoms with Crippen LogP contribution in [0, 0.1) is 0 Å². The summed E-state index contributed by atoms with van der Waals surface area (Å²) in [6.07, 6.45) is 0. The molecule has 0 radical (unpaired) electrons. The molecule has 2 N–H and O–H groups in total. The molecule has 2 aliphatic rings. The van der Waals surface area contributed by atoms with Gasteiger partial charge in [-0.15, -0.1) is 10.1 Å². The monoisotopic (exact) mass is 314 g/mol. The van der Waals surface area contributed by atoms with Crippen LogP contribution in [0.3, 0.4) is 0 Å². The molecule has 0 aromatic carbocycles. The Balaban J connectivity index is 1.85. The minimum absolute atomic E-state index is 0.0195. The first kappa shape index (κ1) is 17.1. The van der Waals surface area contributed by atoms with Crippen LogP contribution >= 0.6 is 0 Å². The van der Waals surface area contributed by atoms with Gasteiger partial charge in [0, 0.05) is 25.2 Å². The Morgan fingerprint density at radius 1 is 0.818 bits per heavy atom. The molecule has 2 saturated heterocycles. The number of carbonyl (C=O) groups excluding carboxylic acids is 2. The second-order valence-electron chi connectivity index (χ2n) is 6.27. The Labute approximate surface area is 131 Å². The number of nitrogens with zero attached hydrogens (tertiary/aromatic N) is 2. The summed E-state index contributed by atoms with van der Waals surface area (Å²) in [6.45, 7) is 10.3. The van der Waals surface area contributed by atoms with Gasteiger partial charge >= 0.3 is 11.9 Å². The van der Waals surface area contributed by atoms with Gasteiger partial charge in [-0.1, -0.05) is 0 Å². The summed E-state index contributed by atoms with van der Waals surface area (Å²) in [4.78, 5) is 34.2. The van der Waals surface area contributed by atoms with Crippen molar-refractivity contribution in [2.75, 3.05) is 26.2 Å². The number of hydroxylamine groups is 4. The molecule has 8 heteroatoms. The van der Waals surface area contributed by atoms with Crippen LogP contribution < -0.4 is 10.6 Å². The van der Waals surface area contributed by atoms with Crippen LogP contribution in [0.2, 0.25) is 0 Å². The lowest BCUT2D eigenvalue weighted by atomic mass is 10.2. The molecule has 0 aliphatic carbocycles. The van der Waals surface area contributed by atoms with E-state index in [0.717, 1.165) is 0 Å². The zero-order chi connectivity index (χ0) is 16.3. The first-order chi connectivity index (χ1) is 10.4. The van der Waals surface area contributed by atoms with Crippen molar-refractivity contribution < 1.29 is 19.3 Å². The average molecular weight is 314 g/mol. The molecule has 2 rings (SSSR count). The number of nitrogens with one attached hydrogen (secondary N) is 2. The lowest BCUT2D eigenvalue weighted by molar-refractivity contribution is -0.233. The van der Waals surface area contributed by atoms with Crippen LogP contribution in [0.1, 0.15) is 27.7 Å². The van der Waals surface area contributed by atoms with Crippen molar-refractivity contribution in [3.63, 3.8) is 0 Å². The second-order valence-corrected chi connectivity index (χ2v) is 6.27. The standard InChI is InChI=1S/C14H26N4O4/c1-9-7-17(11(3)5-15-9)21-13(19)14(20)22-18-8-10(2)16-6-12(18)4/h9-12,15-16H,5-8H2,1-4H3. The number of piperazine rings is 2. The third-order valence-corrected chi connectivity index (χ3v) is 3.98. The Hall–Kier alpha value is -1.22. The topological polar surface area (TPSA) is 83.1 Å². The molecular weight excluding hydrogens is 288 g/mol. The summed E-state index contributed by atoms with van der Waals surface area (Å²) in [5.41, 5.74) is 0. The van der Waals surface area contributed by atoms with Gasteiger partial charge < -0.3 is 20.3 Å². The van der Waals surface area contributed by atoms with Crippen molar-refractivity contribution in [1.29, 1.82) is 0 Å². The van der Waals surface area contributed by atoms with Crippen LogP contribution in [0.15, 0.2) is 0 Å². The first-order valence-electron chi connectivity index (χ1n) is 7.81. The zero-order valence-corrected chi connectivity index (χ0v) is 13.7. The van der Waals surface area contributed by atoms with E-state index in [1.165, 1.54) is 10.1 Å². The zero-order valence-electron chi connectivity index (χ0n) is 13.7. The maximum atomic E-state index is 11.9. The second kappa shape index (κ2) is 7.36. The molecular formula is C14H26N4O4. The Morgan fingerprint density at radius 3 is 1.55 bits per heavy atom. The minimum Gasteiger partial charge on any atom is -0.359 e. The normalized spacial score (nSPS) is 34.2. The van der Waals surface area contributed by atoms with Crippen molar-refractivity contribution in [2.45, 2.75) is 51.9 Å². The highest BCUT2D eigenvalue weighted by Crippen LogP contribution is 2.10. The quantitative estimate of drug-likeness (QED) is 0.646. The highest BCUT2D eigenvalue weighted by Gasteiger charge is 2.32. The minimum atomic E-state index is -0.973. The van der Waals surface area contributed by atoms with E-state index in [1.807, 2.05) is 27.7 Å². The summed E-state index contributed by atoms with van der Waals surface area (Å²) in [6, 6.07) is 0.445. The molecule has 22 heavy (non-hydrogen) atoms. The summed E-state index contributed by atoms with van der Waals surface area (Å²) in [7, 11) is 0. The van der Waals surface area contributed by atoms with Gasteiger partial charge in [0.2, 0.25) is 0 Å². The van der Waals surface area contributed by atoms with Crippen molar-refractivity contribution >= 4 is 11.9 Å². The Kier molecular flexibility index (Phi) is 5.74. The fourth-order valence-electron chi connectivity index (χ4n) is 2.52. The molecule has 126 valence electrons. The highest BCUT2D eigenvalue weighted by molar-refractivity contribution is 6.29. The number of hydrogen-bond donors (Lipinski definition) is 2. The van der Waals surface area contributed by atoms with Gasteiger partial charge in [0.25, 0.3) is 0 Å². The van der Waals surface area contributed by atoms with Crippen molar-refractivity contribution in [1.82, 2.24) is 20.8 Å². The summed E-state index contributed by atoms with van der Waals surface area (Å²) in [5, 5.41) is 9.62. The van der Waals surface area contributed by atoms with Crippen LogP contribution in [0.4, 0.5) is 0 Å². The molecule has 0 aromatic rings. The lowest BCUT2D eigenvalue weighted by Gasteiger charge is -2.36. The van der Waals surface area contributed by atoms with E-state index < -0.39 is 11.9 Å². The molecule has 2 heterocycles. The van der Waals surface area contributed by atoms with Gasteiger partial charge in [0.05, 0.1) is 25.2 Å². The maximum Gasteiger partial charge on any atom is 0.438 e. The van der Waals surface area contributed by atoms with E-state index in [1.54, 1.807) is 0 Å². The smallest absolute Gasteiger partial charge is 0.359 e. The number of hydrogen-bond acceptors (Lipinski definition) is 8. The van der Waals surface area contributed by atoms with Crippen molar-refractivity contribution in [2.24, 2.45) is 0 Å². The third-order valence-electron chi connectivity index (χ3n) is 3.98. The molecule has 0 aromatic heterocycles. The third kappa shape index (κ3) is 4.39. The summed E-state index contributed by atoms with van der Waals surface area (Å²) in [5.74, 6) is -1.95. The van der Waals surface area contributed by atoms with E-state index in [-0.39, 0.29) is 24.2 Å². The van der Waals surface area contributed by atoms with Gasteiger partial charge in [0.15, 0.2) is 0 Å². The largest absolute Gasteiger partial charge is 0.438 e. The van der Waals surface area contributed by atoms with E-state index in [9.17, 15) is 9.59 Å². The van der Waals surface area contributed by atoms with Gasteiger partial charge in [-0.25, -0.2) is 9.59 Å². The molecule has 2 fully saturated rings. The number of rotatable bonds is 2. The molecule has 0 bridgehead atoms. The van der Waals surface area contributed by atoms with Crippen LogP contribution in [0.25, 0.3) is 0 Å². The number of carbonyl (C=O) groups is 2. The molecule has 4 unspecified atom stereocenters. The van der Waals surface area contributed by atoms with Crippen molar-refractivity contribution in [3.8, 4) is 0 Å². The molecule has 0 saturated carbocycles. The van der Waals surface area contributed by atoms with E-state index in [4.69, 9.17) is 9.68 Å². The highest BCUT2D eigenvalue weighted by atomic mass is 16.8. The molecule has 0 spiro atoms. The van der Waals surface area contributed by atoms with Crippen molar-refractivity contribution in [3.05, 3.63) is 0 Å². The van der Waals surface area contributed by atoms with Crippen LogP contribution in [-0.2, 0) is 19.3 Å². The van der Waals surface area contributed by atoms with Crippen LogP contribution in [-0.4, -0.2) is 72.4 Å². The molecule has 8 nitrogen and oxygen atoms in total. The predicted molar refractivity (Wildman–Crippen MR) is 79.4 cm³/mol. The van der Waals surface area contributed by atoms with Gasteiger partial charge in [-0.3, -0.25) is 0 Å². The summed E-state index contributed by atoms with van der Waals surface area (Å²) >= 11 is 0. The van der Waals surface area contributed by atoms with E-state index in [0.29, 0.717) is 26.2 Å². The van der Waals surface area contributed by atoms with E-state index >= 15 is 0 Å². The van der Waals surface area contributed by atoms with Crippen LogP contribution in [0.5, 0.6) is 0 Å². The molecule has 2 aliphatic heterocycles. The van der Waals surface area contributed by atoms with Gasteiger partial charge in [-0.2, -0.15) is 0 Å². The fraction of sp³-hybridized carbons (Fsp3) is 0.857. The Bertz CT molecular complexity index is 382. The first-order valence-corrected chi connectivity index (χ1v) is 7.81. The lowest BCUT2D eigenvalue weighted by Crippen LogP contribution is -2.56. The Morgan fingerprint density at radius 2 is 1.18 bits per heavy atom. The van der Waals surface area contributed by atoms with Gasteiger partial charge in [0.1, 0.15) is 0 Å². The summed E-state index contributed by atoms with van der Waals surface area (Å²) < 4.78 is 0. The predicted octanol–water partition coefficient (Wildman–Crippen LogP) is -0.733. The SMILES string of the molecule is CC1CN(OC(=O)C(=O)ON2CC(C)NCC2C)C(C)CN1. The fourth-order valence-corrected chi connectivity index (χ4v) is 2.52. The maximum absolute atomic E-state index is 11.9. The average Bonchev–Trinajstić information content (AvgIpc) is 2.46. The molecule has 4 atom stereocenters. The van der Waals surface area contributed by atoms with E-state index in [2.05, 4.69) is 10.6 Å². The molecule has 0 amide bonds. The van der Waals surface area contributed by atoms with Gasteiger partial charge in [-0.05, 0) is 27.7 Å².